The van der Waals surface area contributed by atoms with E-state index in [9.17, 15) is 27.6 Å². The summed E-state index contributed by atoms with van der Waals surface area (Å²) in [5.74, 6) is -1.53. The van der Waals surface area contributed by atoms with Crippen molar-refractivity contribution in [1.29, 1.82) is 0 Å². The summed E-state index contributed by atoms with van der Waals surface area (Å²) in [5.41, 5.74) is 1.16. The molecule has 2 saturated carbocycles. The van der Waals surface area contributed by atoms with Gasteiger partial charge in [0.1, 0.15) is 46.8 Å². The van der Waals surface area contributed by atoms with Crippen LogP contribution in [0, 0.1) is 17.3 Å². The number of aryl methyl sites for hydroxylation is 1. The Balaban J connectivity index is 1.16. The van der Waals surface area contributed by atoms with Gasteiger partial charge in [-0.2, -0.15) is 0 Å². The average Bonchev–Trinajstić information content (AvgIpc) is 3.72. The van der Waals surface area contributed by atoms with E-state index in [0.717, 1.165) is 41.7 Å². The van der Waals surface area contributed by atoms with Gasteiger partial charge in [0.25, 0.3) is 5.91 Å². The van der Waals surface area contributed by atoms with Gasteiger partial charge in [-0.25, -0.2) is 23.2 Å². The molecule has 5 atom stereocenters. The van der Waals surface area contributed by atoms with Gasteiger partial charge in [-0.1, -0.05) is 63.1 Å². The Morgan fingerprint density at radius 3 is 2.57 bits per heavy atom. The summed E-state index contributed by atoms with van der Waals surface area (Å²) in [6.45, 7) is 8.01. The largest absolute Gasteiger partial charge is 0.496 e. The van der Waals surface area contributed by atoms with Crippen LogP contribution in [0.25, 0.3) is 21.5 Å². The molecule has 0 spiro atoms. The fraction of sp³-hybridized carbons (Fsp3) is 0.489. The van der Waals surface area contributed by atoms with Gasteiger partial charge in [0.05, 0.1) is 37.7 Å². The second kappa shape index (κ2) is 18.6. The molecule has 2 aliphatic carbocycles. The van der Waals surface area contributed by atoms with Crippen LogP contribution < -0.4 is 29.6 Å². The highest BCUT2D eigenvalue weighted by Crippen LogP contribution is 2.45. The molecule has 3 fully saturated rings. The fourth-order valence-corrected chi connectivity index (χ4v) is 10.6. The summed E-state index contributed by atoms with van der Waals surface area (Å²) in [7, 11) is -2.37. The summed E-state index contributed by atoms with van der Waals surface area (Å²) in [6.07, 6.45) is 6.19. The van der Waals surface area contributed by atoms with Gasteiger partial charge in [-0.05, 0) is 61.5 Å². The van der Waals surface area contributed by atoms with E-state index in [-0.39, 0.29) is 44.4 Å². The van der Waals surface area contributed by atoms with Crippen molar-refractivity contribution in [3.05, 3.63) is 77.8 Å². The summed E-state index contributed by atoms with van der Waals surface area (Å²) >= 11 is 1.51. The minimum absolute atomic E-state index is 0.000231. The molecule has 4 aliphatic rings. The predicted octanol–water partition coefficient (Wildman–Crippen LogP) is 6.08. The molecule has 65 heavy (non-hydrogen) atoms. The zero-order valence-corrected chi connectivity index (χ0v) is 38.7. The third-order valence-corrected chi connectivity index (χ3v) is 14.4. The average molecular weight is 929 g/mol. The van der Waals surface area contributed by atoms with Crippen molar-refractivity contribution in [2.75, 3.05) is 26.5 Å². The standard InChI is InChI=1S/C47H56N6O10S2/c1-6-31-23-47(31,44(56)52-65(5,58)59)51-41(54)36-20-33-24-53(36)43(55)40(28-13-10-11-14-28)50-45(57)62-27-46(2,3)18-12-17-30-19-34-35(21-37(30)60-4)49-39(22-38(34)63-33)61-25-32-26-64-42(48-32)29-15-8-7-9-16-29/h6-9,15-16,19,21-22,26,28,31,33,36,40H,1,10-14,17-18,20,23-25,27H2,2-5H3,(H,50,57)(H,51,54)(H,52,56)/t31-,33+,36-,40-,47+/m0/s1. The molecule has 8 rings (SSSR count). The van der Waals surface area contributed by atoms with Crippen molar-refractivity contribution < 1.29 is 46.5 Å². The number of benzene rings is 2. The van der Waals surface area contributed by atoms with E-state index in [1.165, 1.54) is 22.3 Å². The van der Waals surface area contributed by atoms with E-state index in [1.807, 2.05) is 66.4 Å². The molecule has 18 heteroatoms. The van der Waals surface area contributed by atoms with Crippen LogP contribution >= 0.6 is 11.3 Å². The third kappa shape index (κ3) is 10.4. The molecule has 0 radical (unpaired) electrons. The first-order valence-electron chi connectivity index (χ1n) is 22.1. The first kappa shape index (κ1) is 45.8. The van der Waals surface area contributed by atoms with Crippen LogP contribution in [0.1, 0.15) is 76.5 Å². The number of carbonyl (C=O) groups is 4. The first-order valence-corrected chi connectivity index (χ1v) is 24.8. The lowest BCUT2D eigenvalue weighted by Crippen LogP contribution is -2.59. The summed E-state index contributed by atoms with van der Waals surface area (Å²) in [6, 6.07) is 13.2. The Hall–Kier alpha value is -5.75. The molecule has 1 saturated heterocycles. The lowest BCUT2D eigenvalue weighted by atomic mass is 9.87. The zero-order chi connectivity index (χ0) is 46.1. The first-order chi connectivity index (χ1) is 31.0. The number of methoxy groups -OCH3 is 1. The Kier molecular flexibility index (Phi) is 13.1. The number of rotatable bonds is 11. The number of pyridine rings is 1. The maximum Gasteiger partial charge on any atom is 0.407 e. The topological polar surface area (TPSA) is 204 Å². The number of hydrogen-bond donors (Lipinski definition) is 3. The highest BCUT2D eigenvalue weighted by atomic mass is 32.2. The van der Waals surface area contributed by atoms with Crippen molar-refractivity contribution in [1.82, 2.24) is 30.2 Å². The molecule has 3 N–H and O–H groups in total. The van der Waals surface area contributed by atoms with Crippen LogP contribution in [0.5, 0.6) is 17.4 Å². The Labute approximate surface area is 382 Å². The van der Waals surface area contributed by atoms with Crippen LogP contribution in [-0.2, 0) is 42.2 Å². The van der Waals surface area contributed by atoms with E-state index >= 15 is 0 Å². The van der Waals surface area contributed by atoms with Gasteiger partial charge in [-0.15, -0.1) is 17.9 Å². The molecule has 2 aromatic heterocycles. The normalized spacial score (nSPS) is 24.8. The van der Waals surface area contributed by atoms with Gasteiger partial charge < -0.3 is 34.5 Å². The van der Waals surface area contributed by atoms with Crippen molar-refractivity contribution in [2.24, 2.45) is 17.3 Å². The number of fused-ring (bicyclic) bond motifs is 3. The van der Waals surface area contributed by atoms with Crippen molar-refractivity contribution in [3.63, 3.8) is 0 Å². The smallest absolute Gasteiger partial charge is 0.407 e. The maximum absolute atomic E-state index is 15.0. The highest BCUT2D eigenvalue weighted by molar-refractivity contribution is 7.89. The van der Waals surface area contributed by atoms with Crippen molar-refractivity contribution >= 4 is 56.1 Å². The molecule has 2 aromatic carbocycles. The second-order valence-corrected chi connectivity index (χ2v) is 21.0. The lowest BCUT2D eigenvalue weighted by Gasteiger charge is -2.32. The molecule has 346 valence electrons. The van der Waals surface area contributed by atoms with Crippen molar-refractivity contribution in [3.8, 4) is 28.0 Å². The van der Waals surface area contributed by atoms with Gasteiger partial charge >= 0.3 is 6.09 Å². The number of nitrogens with one attached hydrogen (secondary N) is 3. The third-order valence-electron chi connectivity index (χ3n) is 12.9. The minimum atomic E-state index is -3.97. The van der Waals surface area contributed by atoms with Gasteiger partial charge in [-0.3, -0.25) is 19.1 Å². The molecule has 4 bridgehead atoms. The lowest BCUT2D eigenvalue weighted by molar-refractivity contribution is -0.142. The van der Waals surface area contributed by atoms with Crippen LogP contribution in [0.3, 0.4) is 0 Å². The van der Waals surface area contributed by atoms with Crippen LogP contribution in [0.2, 0.25) is 0 Å². The predicted molar refractivity (Wildman–Crippen MR) is 244 cm³/mol. The molecule has 2 aliphatic heterocycles. The Morgan fingerprint density at radius 1 is 1.09 bits per heavy atom. The summed E-state index contributed by atoms with van der Waals surface area (Å²) in [4.78, 5) is 67.6. The monoisotopic (exact) mass is 928 g/mol. The molecule has 4 heterocycles. The zero-order valence-electron chi connectivity index (χ0n) is 37.1. The molecular weight excluding hydrogens is 873 g/mol. The molecule has 4 aromatic rings. The number of carbonyl (C=O) groups excluding carboxylic acids is 4. The van der Waals surface area contributed by atoms with E-state index in [4.69, 9.17) is 28.9 Å². The summed E-state index contributed by atoms with van der Waals surface area (Å²) in [5, 5.41) is 9.15. The van der Waals surface area contributed by atoms with Crippen LogP contribution in [-0.4, -0.2) is 97.3 Å². The van der Waals surface area contributed by atoms with Crippen LogP contribution in [0.15, 0.2) is 66.6 Å². The van der Waals surface area contributed by atoms with Gasteiger partial charge in [0.15, 0.2) is 0 Å². The number of ether oxygens (including phenoxy) is 4. The van der Waals surface area contributed by atoms with E-state index in [2.05, 4.69) is 17.2 Å². The van der Waals surface area contributed by atoms with Crippen molar-refractivity contribution in [2.45, 2.75) is 102 Å². The SMILES string of the molecule is C=C[C@H]1C[C@]1(NC(=O)[C@@H]1C[C@@H]2CN1C(=O)[C@H](C1CCCC1)NC(=O)OCC(C)(C)CCCc1cc3c(cc(OCc4csc(-c5ccccc5)n4)nc3cc1OC)O2)C(=O)NS(C)(=O)=O. The van der Waals surface area contributed by atoms with Gasteiger partial charge in [0.2, 0.25) is 27.7 Å². The minimum Gasteiger partial charge on any atom is -0.496 e. The molecule has 4 amide bonds. The fourth-order valence-electron chi connectivity index (χ4n) is 9.30. The van der Waals surface area contributed by atoms with E-state index < -0.39 is 68.9 Å². The number of amides is 4. The second-order valence-electron chi connectivity index (χ2n) is 18.4. The molecular formula is C47H56N6O10S2. The Bertz CT molecular complexity index is 2580. The number of hydrogen-bond acceptors (Lipinski definition) is 13. The van der Waals surface area contributed by atoms with Crippen LogP contribution in [0.4, 0.5) is 4.79 Å². The van der Waals surface area contributed by atoms with E-state index in [0.29, 0.717) is 53.8 Å². The number of alkyl carbamates (subject to hydrolysis) is 1. The van der Waals surface area contributed by atoms with E-state index in [1.54, 1.807) is 13.2 Å². The quantitative estimate of drug-likeness (QED) is 0.147. The highest BCUT2D eigenvalue weighted by Gasteiger charge is 2.61. The number of nitrogens with zero attached hydrogens (tertiary/aromatic N) is 3. The summed E-state index contributed by atoms with van der Waals surface area (Å²) < 4.78 is 51.1. The maximum atomic E-state index is 15.0. The number of cyclic esters (lactones) is 1. The number of sulfonamides is 1. The Morgan fingerprint density at radius 2 is 1.86 bits per heavy atom. The number of aromatic nitrogens is 2. The molecule has 16 nitrogen and oxygen atoms in total. The number of thiazole rings is 1. The van der Waals surface area contributed by atoms with Gasteiger partial charge in [0, 0.05) is 40.8 Å². The molecule has 0 unspecified atom stereocenters.